The molecule has 0 radical (unpaired) electrons. The van der Waals surface area contributed by atoms with Crippen LogP contribution in [0.3, 0.4) is 0 Å². The van der Waals surface area contributed by atoms with Crippen molar-refractivity contribution in [2.75, 3.05) is 80.0 Å². The number of carbonyl (C=O) groups excluding carboxylic acids is 2. The second kappa shape index (κ2) is 15.0. The number of thiazole rings is 1. The summed E-state index contributed by atoms with van der Waals surface area (Å²) in [5.74, 6) is 1.49. The molecular formula is C34H37ClN8O4S. The van der Waals surface area contributed by atoms with E-state index in [1.54, 1.807) is 13.2 Å². The summed E-state index contributed by atoms with van der Waals surface area (Å²) in [6, 6.07) is 11.3. The van der Waals surface area contributed by atoms with Gasteiger partial charge < -0.3 is 34.8 Å². The smallest absolute Gasteiger partial charge is 0.267 e. The second-order valence-electron chi connectivity index (χ2n) is 11.3. The fourth-order valence-electron chi connectivity index (χ4n) is 5.68. The zero-order valence-electron chi connectivity index (χ0n) is 26.9. The first-order valence-corrected chi connectivity index (χ1v) is 16.9. The van der Waals surface area contributed by atoms with Crippen LogP contribution in [0.1, 0.15) is 21.7 Å². The quantitative estimate of drug-likeness (QED) is 0.214. The summed E-state index contributed by atoms with van der Waals surface area (Å²) in [6.07, 6.45) is 5.61. The van der Waals surface area contributed by atoms with Gasteiger partial charge in [-0.05, 0) is 49.2 Å². The van der Waals surface area contributed by atoms with Crippen molar-refractivity contribution in [3.63, 3.8) is 0 Å². The molecule has 2 saturated heterocycles. The third-order valence-electron chi connectivity index (χ3n) is 8.26. The van der Waals surface area contributed by atoms with E-state index in [9.17, 15) is 9.59 Å². The molecule has 3 aromatic heterocycles. The molecule has 2 amide bonds. The Morgan fingerprint density at radius 2 is 1.88 bits per heavy atom. The lowest BCUT2D eigenvalue weighted by molar-refractivity contribution is -0.126. The average molecular weight is 689 g/mol. The molecule has 14 heteroatoms. The van der Waals surface area contributed by atoms with Crippen molar-refractivity contribution in [3.05, 3.63) is 76.9 Å². The number of aryl methyl sites for hydroxylation is 1. The van der Waals surface area contributed by atoms with Gasteiger partial charge in [0.25, 0.3) is 5.91 Å². The van der Waals surface area contributed by atoms with Crippen molar-refractivity contribution in [1.82, 2.24) is 19.9 Å². The summed E-state index contributed by atoms with van der Waals surface area (Å²) in [6.45, 7) is 11.0. The van der Waals surface area contributed by atoms with Crippen LogP contribution in [0.4, 0.5) is 28.1 Å². The fourth-order valence-corrected chi connectivity index (χ4v) is 6.66. The van der Waals surface area contributed by atoms with E-state index in [1.807, 2.05) is 42.3 Å². The Hall–Kier alpha value is -4.72. The number of rotatable bonds is 9. The maximum absolute atomic E-state index is 13.0. The Morgan fingerprint density at radius 3 is 2.65 bits per heavy atom. The molecule has 250 valence electrons. The molecule has 0 bridgehead atoms. The molecule has 0 unspecified atom stereocenters. The van der Waals surface area contributed by atoms with Crippen molar-refractivity contribution < 1.29 is 19.1 Å². The van der Waals surface area contributed by atoms with E-state index in [0.29, 0.717) is 70.8 Å². The standard InChI is InChI=1S/C34H37ClN8O4S/c1-4-29(44)42-12-14-43(15-13-42)32-26(41-11-6-17-47-18-16-41)19-23(20-36-32)25-9-10-27(46-3)31(38-25)40-34-37-21-28(48-34)33(45)39-30-22(2)7-5-8-24(30)35/h4-5,7-10,19-21H,1,6,11-18H2,2-3H3,(H,39,45)(H,37,38,40). The minimum atomic E-state index is -0.309. The van der Waals surface area contributed by atoms with E-state index in [-0.39, 0.29) is 11.8 Å². The number of carbonyl (C=O) groups is 2. The molecule has 4 aromatic rings. The Balaban J connectivity index is 1.25. The van der Waals surface area contributed by atoms with Crippen LogP contribution >= 0.6 is 22.9 Å². The van der Waals surface area contributed by atoms with Gasteiger partial charge in [-0.2, -0.15) is 0 Å². The average Bonchev–Trinajstić information content (AvgIpc) is 3.41. The van der Waals surface area contributed by atoms with E-state index in [2.05, 4.69) is 38.1 Å². The first-order chi connectivity index (χ1) is 23.3. The minimum Gasteiger partial charge on any atom is -0.493 e. The lowest BCUT2D eigenvalue weighted by atomic mass is 10.1. The monoisotopic (exact) mass is 688 g/mol. The lowest BCUT2D eigenvalue weighted by Gasteiger charge is -2.37. The molecule has 2 aliphatic rings. The first kappa shape index (κ1) is 33.2. The second-order valence-corrected chi connectivity index (χ2v) is 12.8. The molecule has 0 spiro atoms. The van der Waals surface area contributed by atoms with Crippen LogP contribution < -0.4 is 25.2 Å². The zero-order valence-corrected chi connectivity index (χ0v) is 28.4. The highest BCUT2D eigenvalue weighted by Crippen LogP contribution is 2.36. The van der Waals surface area contributed by atoms with Crippen LogP contribution in [0, 0.1) is 6.92 Å². The predicted molar refractivity (Wildman–Crippen MR) is 190 cm³/mol. The van der Waals surface area contributed by atoms with E-state index >= 15 is 0 Å². The van der Waals surface area contributed by atoms with Gasteiger partial charge in [0.2, 0.25) is 5.91 Å². The van der Waals surface area contributed by atoms with Crippen molar-refractivity contribution in [2.45, 2.75) is 13.3 Å². The number of nitrogens with one attached hydrogen (secondary N) is 2. The van der Waals surface area contributed by atoms with Crippen molar-refractivity contribution in [2.24, 2.45) is 0 Å². The molecule has 6 rings (SSSR count). The molecule has 0 aliphatic carbocycles. The molecule has 0 atom stereocenters. The summed E-state index contributed by atoms with van der Waals surface area (Å²) in [4.78, 5) is 46.2. The molecule has 5 heterocycles. The van der Waals surface area contributed by atoms with E-state index < -0.39 is 0 Å². The summed E-state index contributed by atoms with van der Waals surface area (Å²) in [5, 5.41) is 7.07. The zero-order chi connectivity index (χ0) is 33.6. The number of para-hydroxylation sites is 1. The summed E-state index contributed by atoms with van der Waals surface area (Å²) in [7, 11) is 1.58. The van der Waals surface area contributed by atoms with Gasteiger partial charge in [-0.1, -0.05) is 41.6 Å². The van der Waals surface area contributed by atoms with E-state index in [1.165, 1.54) is 23.6 Å². The number of benzene rings is 1. The normalized spacial score (nSPS) is 15.1. The third kappa shape index (κ3) is 7.38. The van der Waals surface area contributed by atoms with Gasteiger partial charge in [-0.25, -0.2) is 15.0 Å². The Morgan fingerprint density at radius 1 is 1.04 bits per heavy atom. The van der Waals surface area contributed by atoms with E-state index in [0.717, 1.165) is 48.7 Å². The van der Waals surface area contributed by atoms with Gasteiger partial charge >= 0.3 is 0 Å². The molecule has 2 N–H and O–H groups in total. The number of piperazine rings is 1. The molecule has 48 heavy (non-hydrogen) atoms. The van der Waals surface area contributed by atoms with Gasteiger partial charge in [0.1, 0.15) is 4.88 Å². The summed E-state index contributed by atoms with van der Waals surface area (Å²) in [5.41, 5.74) is 3.95. The molecule has 0 saturated carbocycles. The van der Waals surface area contributed by atoms with Gasteiger partial charge in [0, 0.05) is 57.6 Å². The number of hydrogen-bond acceptors (Lipinski definition) is 11. The van der Waals surface area contributed by atoms with Crippen molar-refractivity contribution in [3.8, 4) is 17.0 Å². The maximum atomic E-state index is 13.0. The first-order valence-electron chi connectivity index (χ1n) is 15.7. The number of aromatic nitrogens is 3. The summed E-state index contributed by atoms with van der Waals surface area (Å²) < 4.78 is 11.4. The van der Waals surface area contributed by atoms with Crippen LogP contribution in [0.25, 0.3) is 11.3 Å². The number of methoxy groups -OCH3 is 1. The Kier molecular flexibility index (Phi) is 10.4. The van der Waals surface area contributed by atoms with Gasteiger partial charge in [0.15, 0.2) is 22.5 Å². The minimum absolute atomic E-state index is 0.0535. The van der Waals surface area contributed by atoms with Crippen molar-refractivity contribution in [1.29, 1.82) is 0 Å². The number of anilines is 5. The SMILES string of the molecule is C=CC(=O)N1CCN(c2ncc(-c3ccc(OC)c(Nc4ncc(C(=O)Nc5c(C)cccc5Cl)s4)n3)cc2N2CCCOCC2)CC1. The molecule has 1 aromatic carbocycles. The Labute approximate surface area is 288 Å². The van der Waals surface area contributed by atoms with Crippen LogP contribution in [0.15, 0.2) is 61.4 Å². The van der Waals surface area contributed by atoms with Crippen molar-refractivity contribution >= 4 is 62.9 Å². The highest BCUT2D eigenvalue weighted by Gasteiger charge is 2.25. The van der Waals surface area contributed by atoms with Crippen LogP contribution in [-0.4, -0.2) is 91.3 Å². The number of hydrogen-bond donors (Lipinski definition) is 2. The summed E-state index contributed by atoms with van der Waals surface area (Å²) >= 11 is 7.50. The van der Waals surface area contributed by atoms with Crippen LogP contribution in [0.2, 0.25) is 5.02 Å². The van der Waals surface area contributed by atoms with Gasteiger partial charge in [0.05, 0.1) is 42.0 Å². The Bertz CT molecular complexity index is 1780. The number of nitrogens with zero attached hydrogens (tertiary/aromatic N) is 6. The number of pyridine rings is 2. The molecule has 12 nitrogen and oxygen atoms in total. The van der Waals surface area contributed by atoms with Gasteiger partial charge in [-0.3, -0.25) is 9.59 Å². The molecular weight excluding hydrogens is 652 g/mol. The highest BCUT2D eigenvalue weighted by molar-refractivity contribution is 7.17. The van der Waals surface area contributed by atoms with Crippen LogP contribution in [-0.2, 0) is 9.53 Å². The number of halogens is 1. The lowest BCUT2D eigenvalue weighted by Crippen LogP contribution is -2.49. The molecule has 2 fully saturated rings. The van der Waals surface area contributed by atoms with Crippen LogP contribution in [0.5, 0.6) is 5.75 Å². The van der Waals surface area contributed by atoms with Gasteiger partial charge in [-0.15, -0.1) is 0 Å². The highest BCUT2D eigenvalue weighted by atomic mass is 35.5. The fraction of sp³-hybridized carbons (Fsp3) is 0.324. The number of amides is 2. The molecule has 2 aliphatic heterocycles. The largest absolute Gasteiger partial charge is 0.493 e. The third-order valence-corrected chi connectivity index (χ3v) is 9.49. The van der Waals surface area contributed by atoms with E-state index in [4.69, 9.17) is 31.0 Å². The topological polar surface area (TPSA) is 125 Å². The number of ether oxygens (including phenoxy) is 2. The maximum Gasteiger partial charge on any atom is 0.267 e. The predicted octanol–water partition coefficient (Wildman–Crippen LogP) is 5.63.